The van der Waals surface area contributed by atoms with Gasteiger partial charge in [-0.3, -0.25) is 14.5 Å². The van der Waals surface area contributed by atoms with Gasteiger partial charge in [0.25, 0.3) is 11.8 Å². The molecule has 31 heavy (non-hydrogen) atoms. The number of hydrogen-bond donors (Lipinski definition) is 0. The van der Waals surface area contributed by atoms with Crippen LogP contribution in [0, 0.1) is 13.8 Å². The van der Waals surface area contributed by atoms with Gasteiger partial charge in [-0.1, -0.05) is 35.4 Å². The molecule has 2 aromatic carbocycles. The maximum Gasteiger partial charge on any atom is 0.256 e. The van der Waals surface area contributed by atoms with E-state index in [1.807, 2.05) is 44.2 Å². The number of carboxylic acid groups (broad SMARTS) is 1. The summed E-state index contributed by atoms with van der Waals surface area (Å²) in [6.45, 7) is 4.46. The molecule has 7 nitrogen and oxygen atoms in total. The molecule has 2 amide bonds. The number of aliphatic carboxylic acids is 1. The van der Waals surface area contributed by atoms with E-state index in [9.17, 15) is 19.5 Å². The maximum absolute atomic E-state index is 13.3. The summed E-state index contributed by atoms with van der Waals surface area (Å²) >= 11 is 0. The van der Waals surface area contributed by atoms with Crippen molar-refractivity contribution in [3.05, 3.63) is 70.8 Å². The Morgan fingerprint density at radius 3 is 2.23 bits per heavy atom. The second-order valence-electron chi connectivity index (χ2n) is 8.29. The van der Waals surface area contributed by atoms with Crippen LogP contribution in [0.15, 0.2) is 48.5 Å². The lowest BCUT2D eigenvalue weighted by atomic mass is 9.96. The summed E-state index contributed by atoms with van der Waals surface area (Å²) in [5, 5.41) is 11.8. The maximum atomic E-state index is 13.3. The molecule has 0 aliphatic carbocycles. The Hall–Kier alpha value is -3.19. The fraction of sp³-hybridized carbons (Fsp3) is 0.375. The lowest BCUT2D eigenvalue weighted by molar-refractivity contribution is -0.310. The Morgan fingerprint density at radius 1 is 0.935 bits per heavy atom. The first-order chi connectivity index (χ1) is 14.8. The summed E-state index contributed by atoms with van der Waals surface area (Å²) in [7, 11) is 0. The minimum Gasteiger partial charge on any atom is -0.548 e. The minimum atomic E-state index is -1.34. The van der Waals surface area contributed by atoms with E-state index in [0.29, 0.717) is 37.1 Å². The Balaban J connectivity index is 1.56. The van der Waals surface area contributed by atoms with Gasteiger partial charge < -0.3 is 19.5 Å². The number of hydrogen-bond acceptors (Lipinski definition) is 5. The zero-order valence-corrected chi connectivity index (χ0v) is 17.7. The number of benzene rings is 2. The van der Waals surface area contributed by atoms with Crippen LogP contribution in [0.2, 0.25) is 0 Å². The summed E-state index contributed by atoms with van der Waals surface area (Å²) in [6, 6.07) is 13.3. The molecule has 162 valence electrons. The largest absolute Gasteiger partial charge is 0.548 e. The Labute approximate surface area is 181 Å². The first kappa shape index (κ1) is 21.1. The monoisotopic (exact) mass is 421 g/mol. The van der Waals surface area contributed by atoms with Crippen molar-refractivity contribution in [2.24, 2.45) is 0 Å². The van der Waals surface area contributed by atoms with E-state index < -0.39 is 23.6 Å². The molecule has 7 heteroatoms. The SMILES string of the molecule is Cc1ccc(C(=O)N2[C@H](C(=O)[O-])COC23CCN(C(=O)c2cccc(C)c2)CC3)cc1. The van der Waals surface area contributed by atoms with E-state index in [1.165, 1.54) is 4.90 Å². The van der Waals surface area contributed by atoms with Crippen LogP contribution in [0.1, 0.15) is 44.7 Å². The van der Waals surface area contributed by atoms with E-state index in [2.05, 4.69) is 0 Å². The van der Waals surface area contributed by atoms with E-state index in [-0.39, 0.29) is 12.5 Å². The van der Waals surface area contributed by atoms with Gasteiger partial charge in [0.1, 0.15) is 5.72 Å². The predicted octanol–water partition coefficient (Wildman–Crippen LogP) is 1.53. The van der Waals surface area contributed by atoms with Crippen LogP contribution < -0.4 is 5.11 Å². The molecule has 2 aliphatic rings. The second-order valence-corrected chi connectivity index (χ2v) is 8.29. The van der Waals surface area contributed by atoms with E-state index in [0.717, 1.165) is 11.1 Å². The number of carbonyl (C=O) groups is 3. The smallest absolute Gasteiger partial charge is 0.256 e. The standard InChI is InChI=1S/C24H26N2O5/c1-16-6-8-18(9-7-16)22(28)26-20(23(29)30)15-31-24(26)10-12-25(13-11-24)21(27)19-5-3-4-17(2)14-19/h3-9,14,20H,10-13,15H2,1-2H3,(H,29,30)/p-1/t20-/m0/s1. The van der Waals surface area contributed by atoms with Crippen LogP contribution in [0.25, 0.3) is 0 Å². The third kappa shape index (κ3) is 3.93. The molecule has 0 bridgehead atoms. The number of carboxylic acids is 1. The molecule has 0 unspecified atom stereocenters. The molecular formula is C24H25N2O5-. The molecule has 2 aromatic rings. The number of piperidine rings is 1. The topological polar surface area (TPSA) is 90.0 Å². The van der Waals surface area contributed by atoms with E-state index in [1.54, 1.807) is 23.1 Å². The van der Waals surface area contributed by atoms with Crippen molar-refractivity contribution < 1.29 is 24.2 Å². The van der Waals surface area contributed by atoms with Gasteiger partial charge in [-0.15, -0.1) is 0 Å². The second kappa shape index (κ2) is 8.15. The third-order valence-electron chi connectivity index (χ3n) is 6.15. The zero-order valence-electron chi connectivity index (χ0n) is 17.7. The average molecular weight is 421 g/mol. The Kier molecular flexibility index (Phi) is 5.54. The van der Waals surface area contributed by atoms with Crippen molar-refractivity contribution in [1.82, 2.24) is 9.80 Å². The molecule has 0 saturated carbocycles. The highest BCUT2D eigenvalue weighted by atomic mass is 16.5. The van der Waals surface area contributed by atoms with Crippen molar-refractivity contribution in [2.45, 2.75) is 38.5 Å². The fourth-order valence-electron chi connectivity index (χ4n) is 4.40. The lowest BCUT2D eigenvalue weighted by Gasteiger charge is -2.45. The zero-order chi connectivity index (χ0) is 22.2. The van der Waals surface area contributed by atoms with Gasteiger partial charge in [-0.2, -0.15) is 0 Å². The third-order valence-corrected chi connectivity index (χ3v) is 6.15. The summed E-state index contributed by atoms with van der Waals surface area (Å²) in [5.74, 6) is -1.81. The number of amides is 2. The van der Waals surface area contributed by atoms with Crippen molar-refractivity contribution in [2.75, 3.05) is 19.7 Å². The molecule has 2 heterocycles. The Bertz CT molecular complexity index is 1010. The number of rotatable bonds is 3. The molecule has 0 radical (unpaired) electrons. The predicted molar refractivity (Wildman–Crippen MR) is 111 cm³/mol. The van der Waals surface area contributed by atoms with E-state index in [4.69, 9.17) is 4.74 Å². The normalized spacial score (nSPS) is 20.1. The molecule has 2 fully saturated rings. The first-order valence-corrected chi connectivity index (χ1v) is 10.4. The summed E-state index contributed by atoms with van der Waals surface area (Å²) in [4.78, 5) is 41.0. The number of ether oxygens (including phenoxy) is 1. The molecule has 2 saturated heterocycles. The van der Waals surface area contributed by atoms with Crippen LogP contribution in [-0.2, 0) is 9.53 Å². The van der Waals surface area contributed by atoms with Crippen LogP contribution in [0.3, 0.4) is 0 Å². The number of carbonyl (C=O) groups excluding carboxylic acids is 3. The summed E-state index contributed by atoms with van der Waals surface area (Å²) in [5.41, 5.74) is 1.97. The van der Waals surface area contributed by atoms with Crippen LogP contribution in [0.5, 0.6) is 0 Å². The number of nitrogens with zero attached hydrogens (tertiary/aromatic N) is 2. The van der Waals surface area contributed by atoms with Gasteiger partial charge in [0.15, 0.2) is 0 Å². The molecule has 1 spiro atoms. The molecule has 4 rings (SSSR count). The van der Waals surface area contributed by atoms with Crippen LogP contribution in [-0.4, -0.2) is 59.0 Å². The van der Waals surface area contributed by atoms with Crippen molar-refractivity contribution in [3.8, 4) is 0 Å². The highest BCUT2D eigenvalue weighted by molar-refractivity contribution is 5.97. The van der Waals surface area contributed by atoms with Gasteiger partial charge in [-0.05, 0) is 38.1 Å². The van der Waals surface area contributed by atoms with Crippen molar-refractivity contribution in [3.63, 3.8) is 0 Å². The van der Waals surface area contributed by atoms with Crippen LogP contribution >= 0.6 is 0 Å². The summed E-state index contributed by atoms with van der Waals surface area (Å²) < 4.78 is 5.93. The van der Waals surface area contributed by atoms with Gasteiger partial charge in [0.05, 0.1) is 18.6 Å². The fourth-order valence-corrected chi connectivity index (χ4v) is 4.40. The quantitative estimate of drug-likeness (QED) is 0.750. The van der Waals surface area contributed by atoms with Crippen LogP contribution in [0.4, 0.5) is 0 Å². The molecule has 1 atom stereocenters. The number of likely N-dealkylation sites (tertiary alicyclic amines) is 1. The minimum absolute atomic E-state index is 0.0793. The van der Waals surface area contributed by atoms with Gasteiger partial charge in [0.2, 0.25) is 0 Å². The van der Waals surface area contributed by atoms with Crippen molar-refractivity contribution in [1.29, 1.82) is 0 Å². The van der Waals surface area contributed by atoms with E-state index >= 15 is 0 Å². The number of aryl methyl sites for hydroxylation is 2. The van der Waals surface area contributed by atoms with Gasteiger partial charge >= 0.3 is 0 Å². The Morgan fingerprint density at radius 2 is 1.61 bits per heavy atom. The van der Waals surface area contributed by atoms with Crippen molar-refractivity contribution >= 4 is 17.8 Å². The summed E-state index contributed by atoms with van der Waals surface area (Å²) in [6.07, 6.45) is 0.678. The molecule has 2 aliphatic heterocycles. The highest BCUT2D eigenvalue weighted by Gasteiger charge is 2.52. The van der Waals surface area contributed by atoms with Gasteiger partial charge in [-0.25, -0.2) is 0 Å². The highest BCUT2D eigenvalue weighted by Crippen LogP contribution is 2.38. The first-order valence-electron chi connectivity index (χ1n) is 10.4. The average Bonchev–Trinajstić information content (AvgIpc) is 3.12. The molecule has 0 N–H and O–H groups in total. The molecule has 0 aromatic heterocycles. The molecular weight excluding hydrogens is 396 g/mol. The van der Waals surface area contributed by atoms with Gasteiger partial charge in [0, 0.05) is 37.1 Å². The lowest BCUT2D eigenvalue weighted by Crippen LogP contribution is -2.60.